The standard InChI is InChI=1S/C17H25ClN2O/c1-2-19-11-12-20-16(21)17(9-4-3-5-10-17)14-7-6-8-15(18)13-14/h6-8,13,19H,2-5,9-12H2,1H3,(H,20,21). The van der Waals surface area contributed by atoms with Crippen LogP contribution in [0.3, 0.4) is 0 Å². The first kappa shape index (κ1) is 16.3. The third kappa shape index (κ3) is 3.98. The molecule has 1 fully saturated rings. The van der Waals surface area contributed by atoms with E-state index < -0.39 is 5.41 Å². The van der Waals surface area contributed by atoms with E-state index in [1.54, 1.807) is 0 Å². The number of carbonyl (C=O) groups excluding carboxylic acids is 1. The van der Waals surface area contributed by atoms with Gasteiger partial charge in [-0.3, -0.25) is 4.79 Å². The van der Waals surface area contributed by atoms with Crippen LogP contribution < -0.4 is 10.6 Å². The number of hydrogen-bond donors (Lipinski definition) is 2. The van der Waals surface area contributed by atoms with Gasteiger partial charge in [-0.05, 0) is 37.1 Å². The fourth-order valence-electron chi connectivity index (χ4n) is 3.20. The van der Waals surface area contributed by atoms with Crippen molar-refractivity contribution in [1.29, 1.82) is 0 Å². The molecule has 3 nitrogen and oxygen atoms in total. The molecule has 4 heteroatoms. The van der Waals surface area contributed by atoms with Gasteiger partial charge >= 0.3 is 0 Å². The number of hydrogen-bond acceptors (Lipinski definition) is 2. The lowest BCUT2D eigenvalue weighted by molar-refractivity contribution is -0.128. The summed E-state index contributed by atoms with van der Waals surface area (Å²) in [6.07, 6.45) is 5.26. The molecule has 21 heavy (non-hydrogen) atoms. The molecule has 1 aromatic carbocycles. The van der Waals surface area contributed by atoms with Crippen molar-refractivity contribution in [2.75, 3.05) is 19.6 Å². The average molecular weight is 309 g/mol. The molecule has 1 aliphatic carbocycles. The largest absolute Gasteiger partial charge is 0.354 e. The Bertz CT molecular complexity index is 470. The summed E-state index contributed by atoms with van der Waals surface area (Å²) in [6, 6.07) is 7.81. The van der Waals surface area contributed by atoms with E-state index in [4.69, 9.17) is 11.6 Å². The lowest BCUT2D eigenvalue weighted by Gasteiger charge is -2.36. The Morgan fingerprint density at radius 1 is 1.24 bits per heavy atom. The number of likely N-dealkylation sites (N-methyl/N-ethyl adjacent to an activating group) is 1. The minimum atomic E-state index is -0.393. The number of amides is 1. The Balaban J connectivity index is 2.15. The van der Waals surface area contributed by atoms with Crippen molar-refractivity contribution < 1.29 is 4.79 Å². The smallest absolute Gasteiger partial charge is 0.230 e. The molecule has 0 spiro atoms. The lowest BCUT2D eigenvalue weighted by Crippen LogP contribution is -2.47. The van der Waals surface area contributed by atoms with Gasteiger partial charge in [0.2, 0.25) is 5.91 Å². The van der Waals surface area contributed by atoms with Crippen LogP contribution in [-0.4, -0.2) is 25.5 Å². The Morgan fingerprint density at radius 3 is 2.67 bits per heavy atom. The van der Waals surface area contributed by atoms with Crippen molar-refractivity contribution in [1.82, 2.24) is 10.6 Å². The van der Waals surface area contributed by atoms with Gasteiger partial charge in [0.25, 0.3) is 0 Å². The lowest BCUT2D eigenvalue weighted by atomic mass is 9.68. The van der Waals surface area contributed by atoms with Gasteiger partial charge in [0, 0.05) is 18.1 Å². The monoisotopic (exact) mass is 308 g/mol. The molecule has 1 amide bonds. The summed E-state index contributed by atoms with van der Waals surface area (Å²) in [5.41, 5.74) is 0.672. The summed E-state index contributed by atoms with van der Waals surface area (Å²) in [5.74, 6) is 0.155. The van der Waals surface area contributed by atoms with Crippen LogP contribution in [0.2, 0.25) is 5.02 Å². The van der Waals surface area contributed by atoms with E-state index in [-0.39, 0.29) is 5.91 Å². The molecule has 1 aromatic rings. The number of halogens is 1. The highest BCUT2D eigenvalue weighted by molar-refractivity contribution is 6.30. The molecule has 0 atom stereocenters. The first-order valence-corrected chi connectivity index (χ1v) is 8.32. The summed E-state index contributed by atoms with van der Waals surface area (Å²) in [6.45, 7) is 4.48. The zero-order chi connectivity index (χ0) is 15.1. The van der Waals surface area contributed by atoms with Crippen LogP contribution in [0.25, 0.3) is 0 Å². The third-order valence-corrected chi connectivity index (χ3v) is 4.59. The van der Waals surface area contributed by atoms with Crippen LogP contribution in [-0.2, 0) is 10.2 Å². The highest BCUT2D eigenvalue weighted by Crippen LogP contribution is 2.40. The average Bonchev–Trinajstić information content (AvgIpc) is 2.52. The van der Waals surface area contributed by atoms with Crippen molar-refractivity contribution in [2.24, 2.45) is 0 Å². The molecule has 1 aliphatic rings. The number of carbonyl (C=O) groups is 1. The van der Waals surface area contributed by atoms with Gasteiger partial charge < -0.3 is 10.6 Å². The van der Waals surface area contributed by atoms with Crippen LogP contribution >= 0.6 is 11.6 Å². The Hall–Kier alpha value is -1.06. The summed E-state index contributed by atoms with van der Waals surface area (Å²) in [7, 11) is 0. The van der Waals surface area contributed by atoms with Gasteiger partial charge in [-0.25, -0.2) is 0 Å². The second kappa shape index (κ2) is 7.81. The van der Waals surface area contributed by atoms with Gasteiger partial charge in [-0.2, -0.15) is 0 Å². The van der Waals surface area contributed by atoms with Gasteiger partial charge in [0.1, 0.15) is 0 Å². The summed E-state index contributed by atoms with van der Waals surface area (Å²) >= 11 is 6.13. The van der Waals surface area contributed by atoms with E-state index in [1.807, 2.05) is 24.3 Å². The molecule has 2 rings (SSSR count). The fraction of sp³-hybridized carbons (Fsp3) is 0.588. The molecular weight excluding hydrogens is 284 g/mol. The first-order valence-electron chi connectivity index (χ1n) is 7.94. The molecule has 2 N–H and O–H groups in total. The molecule has 0 heterocycles. The van der Waals surface area contributed by atoms with Crippen molar-refractivity contribution in [2.45, 2.75) is 44.4 Å². The van der Waals surface area contributed by atoms with E-state index in [0.717, 1.165) is 44.3 Å². The van der Waals surface area contributed by atoms with E-state index in [1.165, 1.54) is 6.42 Å². The maximum absolute atomic E-state index is 12.8. The molecule has 116 valence electrons. The molecule has 0 saturated heterocycles. The maximum Gasteiger partial charge on any atom is 0.230 e. The Morgan fingerprint density at radius 2 is 2.00 bits per heavy atom. The fourth-order valence-corrected chi connectivity index (χ4v) is 3.39. The van der Waals surface area contributed by atoms with Crippen LogP contribution in [0.5, 0.6) is 0 Å². The Labute approximate surface area is 132 Å². The highest BCUT2D eigenvalue weighted by Gasteiger charge is 2.40. The normalized spacial score (nSPS) is 17.4. The van der Waals surface area contributed by atoms with E-state index >= 15 is 0 Å². The number of rotatable bonds is 6. The van der Waals surface area contributed by atoms with Gasteiger partial charge in [-0.1, -0.05) is 49.9 Å². The van der Waals surface area contributed by atoms with Crippen molar-refractivity contribution >= 4 is 17.5 Å². The highest BCUT2D eigenvalue weighted by atomic mass is 35.5. The summed E-state index contributed by atoms with van der Waals surface area (Å²) < 4.78 is 0. The minimum Gasteiger partial charge on any atom is -0.354 e. The van der Waals surface area contributed by atoms with Crippen molar-refractivity contribution in [3.05, 3.63) is 34.9 Å². The molecule has 0 bridgehead atoms. The minimum absolute atomic E-state index is 0.155. The molecule has 0 aliphatic heterocycles. The second-order valence-electron chi connectivity index (χ2n) is 5.76. The molecule has 1 saturated carbocycles. The third-order valence-electron chi connectivity index (χ3n) is 4.36. The molecule has 0 unspecified atom stereocenters. The zero-order valence-electron chi connectivity index (χ0n) is 12.8. The van der Waals surface area contributed by atoms with E-state index in [0.29, 0.717) is 11.6 Å². The van der Waals surface area contributed by atoms with E-state index in [2.05, 4.69) is 17.6 Å². The molecule has 0 radical (unpaired) electrons. The van der Waals surface area contributed by atoms with Crippen molar-refractivity contribution in [3.8, 4) is 0 Å². The van der Waals surface area contributed by atoms with Crippen LogP contribution in [0.1, 0.15) is 44.6 Å². The number of nitrogens with one attached hydrogen (secondary N) is 2. The summed E-state index contributed by atoms with van der Waals surface area (Å²) in [4.78, 5) is 12.8. The second-order valence-corrected chi connectivity index (χ2v) is 6.20. The van der Waals surface area contributed by atoms with Gasteiger partial charge in [-0.15, -0.1) is 0 Å². The van der Waals surface area contributed by atoms with Crippen LogP contribution in [0, 0.1) is 0 Å². The zero-order valence-corrected chi connectivity index (χ0v) is 13.5. The quantitative estimate of drug-likeness (QED) is 0.792. The number of benzene rings is 1. The first-order chi connectivity index (χ1) is 10.2. The Kier molecular flexibility index (Phi) is 6.07. The predicted octanol–water partition coefficient (Wildman–Crippen LogP) is 3.27. The van der Waals surface area contributed by atoms with E-state index in [9.17, 15) is 4.79 Å². The van der Waals surface area contributed by atoms with Crippen molar-refractivity contribution in [3.63, 3.8) is 0 Å². The van der Waals surface area contributed by atoms with Crippen LogP contribution in [0.4, 0.5) is 0 Å². The molecular formula is C17H25ClN2O. The summed E-state index contributed by atoms with van der Waals surface area (Å²) in [5, 5.41) is 7.04. The molecule has 0 aromatic heterocycles. The van der Waals surface area contributed by atoms with Crippen LogP contribution in [0.15, 0.2) is 24.3 Å². The maximum atomic E-state index is 12.8. The van der Waals surface area contributed by atoms with Gasteiger partial charge in [0.05, 0.1) is 5.41 Å². The predicted molar refractivity (Wildman–Crippen MR) is 87.8 cm³/mol. The topological polar surface area (TPSA) is 41.1 Å². The SMILES string of the molecule is CCNCCNC(=O)C1(c2cccc(Cl)c2)CCCCC1. The van der Waals surface area contributed by atoms with Gasteiger partial charge in [0.15, 0.2) is 0 Å².